The second-order valence-corrected chi connectivity index (χ2v) is 8.18. The number of allylic oxidation sites excluding steroid dienone is 1. The molecule has 1 atom stereocenters. The minimum atomic E-state index is -1.68. The van der Waals surface area contributed by atoms with Crippen molar-refractivity contribution < 1.29 is 23.9 Å². The van der Waals surface area contributed by atoms with Gasteiger partial charge in [-0.05, 0) is 38.5 Å². The normalized spacial score (nSPS) is 23.6. The van der Waals surface area contributed by atoms with Gasteiger partial charge < -0.3 is 20.5 Å². The van der Waals surface area contributed by atoms with E-state index in [4.69, 9.17) is 15.2 Å². The van der Waals surface area contributed by atoms with Crippen molar-refractivity contribution in [1.82, 2.24) is 0 Å². The van der Waals surface area contributed by atoms with Gasteiger partial charge in [0.1, 0.15) is 16.7 Å². The van der Waals surface area contributed by atoms with Gasteiger partial charge in [-0.2, -0.15) is 0 Å². The number of halogens is 1. The molecule has 28 heavy (non-hydrogen) atoms. The monoisotopic (exact) mass is 446 g/mol. The van der Waals surface area contributed by atoms with Gasteiger partial charge in [-0.25, -0.2) is 4.79 Å². The van der Waals surface area contributed by atoms with Crippen LogP contribution in [0.4, 0.5) is 5.69 Å². The van der Waals surface area contributed by atoms with Gasteiger partial charge in [0.25, 0.3) is 0 Å². The van der Waals surface area contributed by atoms with Crippen LogP contribution in [-0.4, -0.2) is 23.8 Å². The molecule has 1 aromatic carbocycles. The Morgan fingerprint density at radius 1 is 1.32 bits per heavy atom. The largest absolute Gasteiger partial charge is 0.459 e. The van der Waals surface area contributed by atoms with Gasteiger partial charge in [0.05, 0.1) is 11.7 Å². The fourth-order valence-corrected chi connectivity index (χ4v) is 4.49. The summed E-state index contributed by atoms with van der Waals surface area (Å²) < 4.78 is 11.8. The highest BCUT2D eigenvalue weighted by atomic mass is 79.9. The van der Waals surface area contributed by atoms with Gasteiger partial charge in [0, 0.05) is 28.6 Å². The summed E-state index contributed by atoms with van der Waals surface area (Å²) in [5.41, 5.74) is 5.49. The number of hydrogen-bond donors (Lipinski definition) is 2. The maximum atomic E-state index is 13.4. The molecule has 3 N–H and O–H groups in total. The lowest BCUT2D eigenvalue weighted by molar-refractivity contribution is -0.145. The van der Waals surface area contributed by atoms with Crippen LogP contribution < -0.4 is 11.1 Å². The zero-order chi connectivity index (χ0) is 20.2. The molecule has 2 aliphatic heterocycles. The van der Waals surface area contributed by atoms with Crippen molar-refractivity contribution in [3.63, 3.8) is 0 Å². The third kappa shape index (κ3) is 2.51. The van der Waals surface area contributed by atoms with Crippen LogP contribution >= 0.6 is 15.9 Å². The van der Waals surface area contributed by atoms with E-state index in [0.717, 1.165) is 0 Å². The molecule has 1 aliphatic carbocycles. The summed E-state index contributed by atoms with van der Waals surface area (Å²) in [4.78, 5) is 39.4. The van der Waals surface area contributed by atoms with E-state index in [1.807, 2.05) is 0 Å². The molecule has 8 heteroatoms. The van der Waals surface area contributed by atoms with Gasteiger partial charge in [0.15, 0.2) is 5.78 Å². The van der Waals surface area contributed by atoms with Crippen molar-refractivity contribution in [3.05, 3.63) is 51.0 Å². The fraction of sp³-hybridized carbons (Fsp3) is 0.350. The molecule has 1 spiro atoms. The van der Waals surface area contributed by atoms with Crippen LogP contribution in [0.1, 0.15) is 38.7 Å². The summed E-state index contributed by atoms with van der Waals surface area (Å²) in [5.74, 6) is -1.38. The third-order valence-corrected chi connectivity index (χ3v) is 5.61. The predicted molar refractivity (Wildman–Crippen MR) is 104 cm³/mol. The first-order valence-electron chi connectivity index (χ1n) is 9.04. The summed E-state index contributed by atoms with van der Waals surface area (Å²) in [6.45, 7) is 3.39. The predicted octanol–water partition coefficient (Wildman–Crippen LogP) is 2.80. The van der Waals surface area contributed by atoms with E-state index in [-0.39, 0.29) is 29.2 Å². The number of amides is 1. The number of ether oxygens (including phenoxy) is 2. The van der Waals surface area contributed by atoms with Crippen LogP contribution in [0.15, 0.2) is 45.5 Å². The Morgan fingerprint density at radius 2 is 2.07 bits per heavy atom. The Balaban J connectivity index is 2.06. The van der Waals surface area contributed by atoms with Gasteiger partial charge in [0.2, 0.25) is 11.8 Å². The number of nitrogens with one attached hydrogen (secondary N) is 1. The maximum Gasteiger partial charge on any atom is 0.341 e. The van der Waals surface area contributed by atoms with Crippen LogP contribution in [0.25, 0.3) is 0 Å². The molecule has 0 fully saturated rings. The molecule has 0 saturated heterocycles. The topological polar surface area (TPSA) is 108 Å². The molecule has 1 amide bonds. The number of Topliss-reactive ketones (excluding diaryl/α,β-unsaturated/α-hetero) is 1. The SMILES string of the molecule is CC(C)OC(=O)C1=C(N)OC2=C(C(=O)CCC2)C12C(=O)Nc1ccc(Br)cc12. The van der Waals surface area contributed by atoms with Crippen LogP contribution in [-0.2, 0) is 29.3 Å². The highest BCUT2D eigenvalue weighted by Crippen LogP contribution is 2.54. The Kier molecular flexibility index (Phi) is 4.33. The second kappa shape index (κ2) is 6.48. The number of anilines is 1. The van der Waals surface area contributed by atoms with Crippen molar-refractivity contribution in [3.8, 4) is 0 Å². The molecule has 0 radical (unpaired) electrons. The van der Waals surface area contributed by atoms with E-state index in [1.54, 1.807) is 32.0 Å². The van der Waals surface area contributed by atoms with E-state index in [9.17, 15) is 14.4 Å². The highest BCUT2D eigenvalue weighted by molar-refractivity contribution is 9.10. The number of carbonyl (C=O) groups excluding carboxylic acids is 3. The van der Waals surface area contributed by atoms with Crippen LogP contribution in [0.2, 0.25) is 0 Å². The standard InChI is InChI=1S/C20H19BrN2O5/c1-9(2)27-18(25)16-17(22)28-14-5-3-4-13(24)15(14)20(16)11-8-10(21)6-7-12(11)23-19(20)26/h6-9H,3-5,22H2,1-2H3,(H,23,26). The molecule has 0 bridgehead atoms. The molecule has 0 aromatic heterocycles. The van der Waals surface area contributed by atoms with E-state index < -0.39 is 23.4 Å². The molecule has 1 unspecified atom stereocenters. The summed E-state index contributed by atoms with van der Waals surface area (Å²) in [6.07, 6.45) is 0.896. The summed E-state index contributed by atoms with van der Waals surface area (Å²) in [7, 11) is 0. The van der Waals surface area contributed by atoms with Crippen molar-refractivity contribution in [2.75, 3.05) is 5.32 Å². The molecule has 146 valence electrons. The number of rotatable bonds is 2. The van der Waals surface area contributed by atoms with Crippen LogP contribution in [0, 0.1) is 0 Å². The highest BCUT2D eigenvalue weighted by Gasteiger charge is 2.61. The van der Waals surface area contributed by atoms with Crippen LogP contribution in [0.5, 0.6) is 0 Å². The summed E-state index contributed by atoms with van der Waals surface area (Å²) >= 11 is 3.42. The average Bonchev–Trinajstić information content (AvgIpc) is 2.86. The number of benzene rings is 1. The molecule has 4 rings (SSSR count). The van der Waals surface area contributed by atoms with Gasteiger partial charge in [-0.3, -0.25) is 9.59 Å². The number of esters is 1. The maximum absolute atomic E-state index is 13.4. The van der Waals surface area contributed by atoms with E-state index in [1.165, 1.54) is 0 Å². The number of ketones is 1. The Bertz CT molecular complexity index is 994. The van der Waals surface area contributed by atoms with E-state index in [0.29, 0.717) is 34.3 Å². The summed E-state index contributed by atoms with van der Waals surface area (Å²) in [5, 5.41) is 2.80. The van der Waals surface area contributed by atoms with Gasteiger partial charge in [-0.15, -0.1) is 0 Å². The molecular formula is C20H19BrN2O5. The number of nitrogens with two attached hydrogens (primary N) is 1. The van der Waals surface area contributed by atoms with Gasteiger partial charge >= 0.3 is 5.97 Å². The fourth-order valence-electron chi connectivity index (χ4n) is 4.13. The minimum Gasteiger partial charge on any atom is -0.459 e. The zero-order valence-corrected chi connectivity index (χ0v) is 17.0. The molecule has 0 saturated carbocycles. The summed E-state index contributed by atoms with van der Waals surface area (Å²) in [6, 6.07) is 5.21. The smallest absolute Gasteiger partial charge is 0.341 e. The second-order valence-electron chi connectivity index (χ2n) is 7.26. The Labute approximate surface area is 170 Å². The first kappa shape index (κ1) is 18.7. The zero-order valence-electron chi connectivity index (χ0n) is 15.4. The lowest BCUT2D eigenvalue weighted by atomic mass is 9.65. The molecule has 2 heterocycles. The van der Waals surface area contributed by atoms with Crippen LogP contribution in [0.3, 0.4) is 0 Å². The molecular weight excluding hydrogens is 428 g/mol. The average molecular weight is 447 g/mol. The van der Waals surface area contributed by atoms with Gasteiger partial charge in [-0.1, -0.05) is 15.9 Å². The molecule has 3 aliphatic rings. The van der Waals surface area contributed by atoms with E-state index >= 15 is 0 Å². The number of hydrogen-bond acceptors (Lipinski definition) is 6. The Morgan fingerprint density at radius 3 is 2.79 bits per heavy atom. The van der Waals surface area contributed by atoms with Crippen molar-refractivity contribution in [2.24, 2.45) is 5.73 Å². The van der Waals surface area contributed by atoms with Crippen molar-refractivity contribution in [1.29, 1.82) is 0 Å². The first-order valence-corrected chi connectivity index (χ1v) is 9.83. The Hall–Kier alpha value is -2.61. The van der Waals surface area contributed by atoms with Crippen molar-refractivity contribution in [2.45, 2.75) is 44.6 Å². The van der Waals surface area contributed by atoms with Crippen molar-refractivity contribution >= 4 is 39.3 Å². The lowest BCUT2D eigenvalue weighted by Gasteiger charge is -2.38. The quantitative estimate of drug-likeness (QED) is 0.676. The third-order valence-electron chi connectivity index (χ3n) is 5.12. The lowest BCUT2D eigenvalue weighted by Crippen LogP contribution is -2.49. The first-order chi connectivity index (χ1) is 13.3. The number of carbonyl (C=O) groups is 3. The molecule has 7 nitrogen and oxygen atoms in total. The van der Waals surface area contributed by atoms with E-state index in [2.05, 4.69) is 21.2 Å². The minimum absolute atomic E-state index is 0.149. The molecule has 1 aromatic rings. The number of fused-ring (bicyclic) bond motifs is 3.